The number of rotatable bonds is 4. The zero-order valence-electron chi connectivity index (χ0n) is 10.5. The van der Waals surface area contributed by atoms with Gasteiger partial charge < -0.3 is 5.32 Å². The zero-order chi connectivity index (χ0) is 13.3. The topological polar surface area (TPSA) is 59.1 Å². The Kier molecular flexibility index (Phi) is 3.24. The van der Waals surface area contributed by atoms with E-state index in [1.165, 1.54) is 0 Å². The first-order valence-electron chi connectivity index (χ1n) is 6.38. The molecule has 0 unspecified atom stereocenters. The molecule has 0 spiro atoms. The number of hydrogen-bond acceptors (Lipinski definition) is 4. The van der Waals surface area contributed by atoms with E-state index in [-0.39, 0.29) is 17.4 Å². The first kappa shape index (κ1) is 12.6. The van der Waals surface area contributed by atoms with Gasteiger partial charge in [0.1, 0.15) is 0 Å². The molecule has 0 bridgehead atoms. The van der Waals surface area contributed by atoms with Crippen LogP contribution in [-0.4, -0.2) is 32.2 Å². The molecule has 5 heteroatoms. The molecule has 19 heavy (non-hydrogen) atoms. The van der Waals surface area contributed by atoms with Crippen molar-refractivity contribution in [2.75, 3.05) is 18.8 Å². The number of benzene rings is 1. The van der Waals surface area contributed by atoms with Crippen LogP contribution in [0.5, 0.6) is 0 Å². The number of hydrogen-bond donors (Lipinski definition) is 1. The van der Waals surface area contributed by atoms with Crippen LogP contribution in [0.1, 0.15) is 5.56 Å². The summed E-state index contributed by atoms with van der Waals surface area (Å²) in [6.07, 6.45) is 1.68. The van der Waals surface area contributed by atoms with E-state index < -0.39 is 9.84 Å². The average molecular weight is 276 g/mol. The van der Waals surface area contributed by atoms with Crippen molar-refractivity contribution in [2.45, 2.75) is 5.75 Å². The monoisotopic (exact) mass is 276 g/mol. The molecule has 4 nitrogen and oxygen atoms in total. The molecule has 0 amide bonds. The number of aromatic nitrogens is 1. The van der Waals surface area contributed by atoms with Gasteiger partial charge in [-0.2, -0.15) is 0 Å². The van der Waals surface area contributed by atoms with E-state index in [0.29, 0.717) is 0 Å². The van der Waals surface area contributed by atoms with Crippen LogP contribution in [0.2, 0.25) is 0 Å². The summed E-state index contributed by atoms with van der Waals surface area (Å²) in [5.74, 6) is 0.654. The molecule has 0 atom stereocenters. The molecule has 3 rings (SSSR count). The third-order valence-corrected chi connectivity index (χ3v) is 5.20. The van der Waals surface area contributed by atoms with E-state index in [0.717, 1.165) is 29.6 Å². The molecule has 0 aliphatic carbocycles. The molecule has 100 valence electrons. The first-order valence-corrected chi connectivity index (χ1v) is 8.20. The third kappa shape index (κ3) is 2.77. The Hall–Kier alpha value is -1.46. The molecule has 1 aliphatic heterocycles. The maximum atomic E-state index is 12.2. The Morgan fingerprint density at radius 2 is 2.00 bits per heavy atom. The van der Waals surface area contributed by atoms with Gasteiger partial charge in [0.05, 0.1) is 17.0 Å². The van der Waals surface area contributed by atoms with Gasteiger partial charge in [-0.3, -0.25) is 4.98 Å². The highest BCUT2D eigenvalue weighted by molar-refractivity contribution is 7.90. The quantitative estimate of drug-likeness (QED) is 0.916. The Balaban J connectivity index is 1.88. The standard InChI is InChI=1S/C14H16N2O2S/c17-19(18,9-11-7-15-8-11)10-12-5-6-16-14-4-2-1-3-13(12)14/h1-6,11,15H,7-10H2. The summed E-state index contributed by atoms with van der Waals surface area (Å²) < 4.78 is 24.4. The van der Waals surface area contributed by atoms with E-state index in [9.17, 15) is 8.42 Å². The summed E-state index contributed by atoms with van der Waals surface area (Å²) in [4.78, 5) is 4.26. The molecule has 0 radical (unpaired) electrons. The van der Waals surface area contributed by atoms with Crippen LogP contribution in [-0.2, 0) is 15.6 Å². The molecule has 1 N–H and O–H groups in total. The molecule has 1 aromatic heterocycles. The van der Waals surface area contributed by atoms with Crippen LogP contribution in [0.4, 0.5) is 0 Å². The van der Waals surface area contributed by atoms with Gasteiger partial charge in [0, 0.05) is 24.7 Å². The Morgan fingerprint density at radius 3 is 2.74 bits per heavy atom. The van der Waals surface area contributed by atoms with Gasteiger partial charge in [-0.15, -0.1) is 0 Å². The van der Waals surface area contributed by atoms with Crippen molar-refractivity contribution in [1.82, 2.24) is 10.3 Å². The maximum Gasteiger partial charge on any atom is 0.154 e. The highest BCUT2D eigenvalue weighted by Gasteiger charge is 2.24. The first-order chi connectivity index (χ1) is 9.14. The van der Waals surface area contributed by atoms with Crippen molar-refractivity contribution in [2.24, 2.45) is 5.92 Å². The fourth-order valence-corrected chi connectivity index (χ4v) is 4.20. The second-order valence-corrected chi connectivity index (χ2v) is 7.18. The second kappa shape index (κ2) is 4.90. The van der Waals surface area contributed by atoms with Crippen LogP contribution >= 0.6 is 0 Å². The molecule has 2 heterocycles. The molecular weight excluding hydrogens is 260 g/mol. The largest absolute Gasteiger partial charge is 0.316 e. The van der Waals surface area contributed by atoms with Crippen LogP contribution in [0.15, 0.2) is 36.5 Å². The maximum absolute atomic E-state index is 12.2. The van der Waals surface area contributed by atoms with Crippen molar-refractivity contribution < 1.29 is 8.42 Å². The molecule has 1 aromatic carbocycles. The average Bonchev–Trinajstić information content (AvgIpc) is 2.34. The smallest absolute Gasteiger partial charge is 0.154 e. The highest BCUT2D eigenvalue weighted by Crippen LogP contribution is 2.20. The Morgan fingerprint density at radius 1 is 1.21 bits per heavy atom. The van der Waals surface area contributed by atoms with Crippen molar-refractivity contribution in [3.8, 4) is 0 Å². The van der Waals surface area contributed by atoms with Gasteiger partial charge in [-0.1, -0.05) is 18.2 Å². The molecule has 1 aliphatic rings. The van der Waals surface area contributed by atoms with Crippen molar-refractivity contribution in [3.63, 3.8) is 0 Å². The number of fused-ring (bicyclic) bond motifs is 1. The van der Waals surface area contributed by atoms with E-state index >= 15 is 0 Å². The lowest BCUT2D eigenvalue weighted by Gasteiger charge is -2.26. The lowest BCUT2D eigenvalue weighted by atomic mass is 10.1. The van der Waals surface area contributed by atoms with Crippen LogP contribution in [0, 0.1) is 5.92 Å². The van der Waals surface area contributed by atoms with Crippen molar-refractivity contribution in [1.29, 1.82) is 0 Å². The third-order valence-electron chi connectivity index (χ3n) is 3.47. The molecule has 1 fully saturated rings. The second-order valence-electron chi connectivity index (χ2n) is 5.07. The predicted octanol–water partition coefficient (Wildman–Crippen LogP) is 1.37. The fraction of sp³-hybridized carbons (Fsp3) is 0.357. The summed E-state index contributed by atoms with van der Waals surface area (Å²) in [6, 6.07) is 9.46. The molecule has 1 saturated heterocycles. The summed E-state index contributed by atoms with van der Waals surface area (Å²) in [6.45, 7) is 1.63. The minimum absolute atomic E-state index is 0.104. The SMILES string of the molecule is O=S(=O)(Cc1ccnc2ccccc12)CC1CNC1. The number of nitrogens with zero attached hydrogens (tertiary/aromatic N) is 1. The van der Waals surface area contributed by atoms with E-state index in [1.807, 2.05) is 24.3 Å². The fourth-order valence-electron chi connectivity index (χ4n) is 2.40. The summed E-state index contributed by atoms with van der Waals surface area (Å²) in [5.41, 5.74) is 1.69. The summed E-state index contributed by atoms with van der Waals surface area (Å²) in [5, 5.41) is 4.03. The van der Waals surface area contributed by atoms with Gasteiger partial charge in [-0.25, -0.2) is 8.42 Å². The van der Waals surface area contributed by atoms with Gasteiger partial charge >= 0.3 is 0 Å². The Labute approximate surface area is 112 Å². The number of para-hydroxylation sites is 1. The molecule has 0 saturated carbocycles. The lowest BCUT2D eigenvalue weighted by Crippen LogP contribution is -2.45. The minimum atomic E-state index is -3.05. The van der Waals surface area contributed by atoms with E-state index in [1.54, 1.807) is 12.3 Å². The van der Waals surface area contributed by atoms with Gasteiger partial charge in [-0.05, 0) is 23.6 Å². The van der Waals surface area contributed by atoms with Gasteiger partial charge in [0.15, 0.2) is 9.84 Å². The summed E-state index contributed by atoms with van der Waals surface area (Å²) in [7, 11) is -3.05. The predicted molar refractivity (Wildman–Crippen MR) is 75.6 cm³/mol. The number of pyridine rings is 1. The zero-order valence-corrected chi connectivity index (χ0v) is 11.4. The molecule has 2 aromatic rings. The van der Waals surface area contributed by atoms with Gasteiger partial charge in [0.25, 0.3) is 0 Å². The highest BCUT2D eigenvalue weighted by atomic mass is 32.2. The van der Waals surface area contributed by atoms with Crippen LogP contribution < -0.4 is 5.32 Å². The molecular formula is C14H16N2O2S. The Bertz CT molecular complexity index is 688. The van der Waals surface area contributed by atoms with E-state index in [4.69, 9.17) is 0 Å². The van der Waals surface area contributed by atoms with Crippen LogP contribution in [0.25, 0.3) is 10.9 Å². The van der Waals surface area contributed by atoms with Gasteiger partial charge in [0.2, 0.25) is 0 Å². The van der Waals surface area contributed by atoms with Crippen molar-refractivity contribution in [3.05, 3.63) is 42.1 Å². The number of nitrogens with one attached hydrogen (secondary N) is 1. The van der Waals surface area contributed by atoms with E-state index in [2.05, 4.69) is 10.3 Å². The normalized spacial score (nSPS) is 16.4. The number of sulfone groups is 1. The van der Waals surface area contributed by atoms with Crippen LogP contribution in [0.3, 0.4) is 0 Å². The summed E-state index contributed by atoms with van der Waals surface area (Å²) >= 11 is 0. The van der Waals surface area contributed by atoms with Crippen molar-refractivity contribution >= 4 is 20.7 Å². The lowest BCUT2D eigenvalue weighted by molar-refractivity contribution is 0.378. The minimum Gasteiger partial charge on any atom is -0.316 e.